The molecule has 3 rings (SSSR count). The number of phenolic OH excluding ortho intramolecular Hbond substituents is 1. The minimum atomic E-state index is -4.37. The van der Waals surface area contributed by atoms with Gasteiger partial charge in [-0.2, -0.15) is 13.2 Å². The lowest BCUT2D eigenvalue weighted by Gasteiger charge is -2.09. The zero-order valence-corrected chi connectivity index (χ0v) is 10.6. The van der Waals surface area contributed by atoms with Crippen LogP contribution in [0.15, 0.2) is 48.8 Å². The van der Waals surface area contributed by atoms with E-state index >= 15 is 0 Å². The first-order valence-electron chi connectivity index (χ1n) is 6.06. The second kappa shape index (κ2) is 4.73. The van der Waals surface area contributed by atoms with Crippen molar-refractivity contribution in [1.29, 1.82) is 0 Å². The molecule has 1 aromatic heterocycles. The average molecular weight is 290 g/mol. The molecule has 0 saturated carbocycles. The highest BCUT2D eigenvalue weighted by atomic mass is 19.4. The van der Waals surface area contributed by atoms with Gasteiger partial charge in [-0.05, 0) is 30.3 Å². The van der Waals surface area contributed by atoms with Gasteiger partial charge < -0.3 is 5.11 Å². The first kappa shape index (κ1) is 13.4. The molecule has 2 aromatic carbocycles. The number of fused-ring (bicyclic) bond motifs is 1. The van der Waals surface area contributed by atoms with Crippen LogP contribution in [0.4, 0.5) is 13.2 Å². The Morgan fingerprint density at radius 2 is 1.62 bits per heavy atom. The predicted molar refractivity (Wildman–Crippen MR) is 71.6 cm³/mol. The van der Waals surface area contributed by atoms with Crippen molar-refractivity contribution in [1.82, 2.24) is 9.97 Å². The first-order valence-corrected chi connectivity index (χ1v) is 6.06. The van der Waals surface area contributed by atoms with Crippen LogP contribution in [0.5, 0.6) is 5.75 Å². The van der Waals surface area contributed by atoms with Crippen LogP contribution in [-0.2, 0) is 6.18 Å². The third-order valence-corrected chi connectivity index (χ3v) is 3.10. The van der Waals surface area contributed by atoms with Crippen LogP contribution < -0.4 is 0 Å². The Bertz CT molecular complexity index is 798. The lowest BCUT2D eigenvalue weighted by molar-refractivity contribution is -0.137. The molecule has 0 radical (unpaired) electrons. The number of hydrogen-bond donors (Lipinski definition) is 1. The molecule has 0 aliphatic heterocycles. The monoisotopic (exact) mass is 290 g/mol. The van der Waals surface area contributed by atoms with Gasteiger partial charge in [-0.3, -0.25) is 0 Å². The van der Waals surface area contributed by atoms with Crippen LogP contribution in [-0.4, -0.2) is 15.1 Å². The molecule has 0 fully saturated rings. The SMILES string of the molecule is Oc1ccc2ncnc(-c3ccc(C(F)(F)F)cc3)c2c1. The van der Waals surface area contributed by atoms with Crippen molar-refractivity contribution >= 4 is 10.9 Å². The quantitative estimate of drug-likeness (QED) is 0.736. The number of rotatable bonds is 1. The lowest BCUT2D eigenvalue weighted by atomic mass is 10.0. The number of alkyl halides is 3. The van der Waals surface area contributed by atoms with E-state index in [-0.39, 0.29) is 5.75 Å². The van der Waals surface area contributed by atoms with E-state index in [1.807, 2.05) is 0 Å². The number of aromatic nitrogens is 2. The van der Waals surface area contributed by atoms with Gasteiger partial charge in [0.15, 0.2) is 0 Å². The Hall–Kier alpha value is -2.63. The van der Waals surface area contributed by atoms with Gasteiger partial charge in [0.25, 0.3) is 0 Å². The smallest absolute Gasteiger partial charge is 0.416 e. The van der Waals surface area contributed by atoms with Crippen LogP contribution in [0, 0.1) is 0 Å². The summed E-state index contributed by atoms with van der Waals surface area (Å²) in [5.74, 6) is 0.0467. The number of hydrogen-bond acceptors (Lipinski definition) is 3. The van der Waals surface area contributed by atoms with Gasteiger partial charge in [0.1, 0.15) is 12.1 Å². The molecule has 3 aromatic rings. The molecule has 1 heterocycles. The van der Waals surface area contributed by atoms with Crippen molar-refractivity contribution in [3.05, 3.63) is 54.4 Å². The van der Waals surface area contributed by atoms with E-state index in [1.54, 1.807) is 6.07 Å². The fourth-order valence-electron chi connectivity index (χ4n) is 2.09. The molecule has 0 aliphatic carbocycles. The lowest BCUT2D eigenvalue weighted by Crippen LogP contribution is -2.04. The molecule has 0 saturated heterocycles. The van der Waals surface area contributed by atoms with E-state index in [0.29, 0.717) is 22.2 Å². The Morgan fingerprint density at radius 3 is 2.29 bits per heavy atom. The molecule has 0 bridgehead atoms. The molecule has 6 heteroatoms. The highest BCUT2D eigenvalue weighted by Gasteiger charge is 2.30. The highest BCUT2D eigenvalue weighted by molar-refractivity contribution is 5.92. The number of benzene rings is 2. The maximum atomic E-state index is 12.6. The normalized spacial score (nSPS) is 11.8. The summed E-state index contributed by atoms with van der Waals surface area (Å²) in [7, 11) is 0. The Morgan fingerprint density at radius 1 is 0.905 bits per heavy atom. The maximum absolute atomic E-state index is 12.6. The van der Waals surface area contributed by atoms with Crippen LogP contribution in [0.25, 0.3) is 22.2 Å². The van der Waals surface area contributed by atoms with Crippen molar-refractivity contribution in [2.75, 3.05) is 0 Å². The van der Waals surface area contributed by atoms with Gasteiger partial charge >= 0.3 is 6.18 Å². The maximum Gasteiger partial charge on any atom is 0.416 e. The largest absolute Gasteiger partial charge is 0.508 e. The summed E-state index contributed by atoms with van der Waals surface area (Å²) in [5, 5.41) is 10.1. The number of phenols is 1. The zero-order chi connectivity index (χ0) is 15.0. The van der Waals surface area contributed by atoms with Crippen LogP contribution in [0.3, 0.4) is 0 Å². The molecule has 21 heavy (non-hydrogen) atoms. The minimum absolute atomic E-state index is 0.0467. The van der Waals surface area contributed by atoms with Gasteiger partial charge in [0.05, 0.1) is 16.8 Å². The van der Waals surface area contributed by atoms with Crippen molar-refractivity contribution in [3.63, 3.8) is 0 Å². The molecule has 1 N–H and O–H groups in total. The van der Waals surface area contributed by atoms with Crippen molar-refractivity contribution < 1.29 is 18.3 Å². The molecule has 0 amide bonds. The summed E-state index contributed by atoms with van der Waals surface area (Å²) < 4.78 is 37.7. The zero-order valence-electron chi connectivity index (χ0n) is 10.6. The topological polar surface area (TPSA) is 46.0 Å². The molecule has 0 aliphatic rings. The van der Waals surface area contributed by atoms with Crippen LogP contribution in [0.2, 0.25) is 0 Å². The van der Waals surface area contributed by atoms with Crippen LogP contribution in [0.1, 0.15) is 5.56 Å². The van der Waals surface area contributed by atoms with Crippen molar-refractivity contribution in [2.24, 2.45) is 0 Å². The standard InChI is InChI=1S/C15H9F3N2O/c16-15(17,18)10-3-1-9(2-4-10)14-12-7-11(21)5-6-13(12)19-8-20-14/h1-8,21H. The highest BCUT2D eigenvalue weighted by Crippen LogP contribution is 2.32. The van der Waals surface area contributed by atoms with Crippen molar-refractivity contribution in [3.8, 4) is 17.0 Å². The van der Waals surface area contributed by atoms with Gasteiger partial charge in [0.2, 0.25) is 0 Å². The van der Waals surface area contributed by atoms with Gasteiger partial charge in [-0.15, -0.1) is 0 Å². The number of aromatic hydroxyl groups is 1. The van der Waals surface area contributed by atoms with E-state index in [1.165, 1.54) is 30.6 Å². The fraction of sp³-hybridized carbons (Fsp3) is 0.0667. The third kappa shape index (κ3) is 2.52. The number of halogens is 3. The molecule has 3 nitrogen and oxygen atoms in total. The summed E-state index contributed by atoms with van der Waals surface area (Å²) in [6.07, 6.45) is -3.03. The predicted octanol–water partition coefficient (Wildman–Crippen LogP) is 4.02. The molecular formula is C15H9F3N2O. The van der Waals surface area contributed by atoms with E-state index in [9.17, 15) is 18.3 Å². The summed E-state index contributed by atoms with van der Waals surface area (Å²) in [6.45, 7) is 0. The van der Waals surface area contributed by atoms with E-state index < -0.39 is 11.7 Å². The second-order valence-electron chi connectivity index (χ2n) is 4.50. The molecule has 106 valence electrons. The van der Waals surface area contributed by atoms with Gasteiger partial charge in [-0.1, -0.05) is 12.1 Å². The summed E-state index contributed by atoms with van der Waals surface area (Å²) in [5.41, 5.74) is 0.899. The van der Waals surface area contributed by atoms with Crippen LogP contribution >= 0.6 is 0 Å². The fourth-order valence-corrected chi connectivity index (χ4v) is 2.09. The van der Waals surface area contributed by atoms with Gasteiger partial charge in [-0.25, -0.2) is 9.97 Å². The molecule has 0 spiro atoms. The van der Waals surface area contributed by atoms with Gasteiger partial charge in [0, 0.05) is 10.9 Å². The average Bonchev–Trinajstić information content (AvgIpc) is 2.46. The molecule has 0 unspecified atom stereocenters. The second-order valence-corrected chi connectivity index (χ2v) is 4.50. The summed E-state index contributed by atoms with van der Waals surface area (Å²) >= 11 is 0. The first-order chi connectivity index (χ1) is 9.95. The summed E-state index contributed by atoms with van der Waals surface area (Å²) in [4.78, 5) is 8.17. The Balaban J connectivity index is 2.14. The third-order valence-electron chi connectivity index (χ3n) is 3.10. The van der Waals surface area contributed by atoms with E-state index in [4.69, 9.17) is 0 Å². The Kier molecular flexibility index (Phi) is 3.01. The Labute approximate surface area is 117 Å². The van der Waals surface area contributed by atoms with E-state index in [0.717, 1.165) is 12.1 Å². The molecular weight excluding hydrogens is 281 g/mol. The number of nitrogens with zero attached hydrogens (tertiary/aromatic N) is 2. The summed E-state index contributed by atoms with van der Waals surface area (Å²) in [6, 6.07) is 9.33. The minimum Gasteiger partial charge on any atom is -0.508 e. The van der Waals surface area contributed by atoms with E-state index in [2.05, 4.69) is 9.97 Å². The molecule has 0 atom stereocenters. The van der Waals surface area contributed by atoms with Crippen molar-refractivity contribution in [2.45, 2.75) is 6.18 Å².